The molecule has 1 aliphatic heterocycles. The lowest BCUT2D eigenvalue weighted by Gasteiger charge is -2.34. The Morgan fingerprint density at radius 2 is 1.62 bits per heavy atom. The first kappa shape index (κ1) is 35.9. The van der Waals surface area contributed by atoms with Gasteiger partial charge >= 0.3 is 12.4 Å². The van der Waals surface area contributed by atoms with Crippen LogP contribution in [0.5, 0.6) is 11.5 Å². The Balaban J connectivity index is 1.24. The van der Waals surface area contributed by atoms with Crippen molar-refractivity contribution in [2.24, 2.45) is 0 Å². The second-order valence-corrected chi connectivity index (χ2v) is 11.4. The van der Waals surface area contributed by atoms with Crippen molar-refractivity contribution >= 4 is 22.7 Å². The van der Waals surface area contributed by atoms with Crippen LogP contribution in [0.25, 0.3) is 16.7 Å². The summed E-state index contributed by atoms with van der Waals surface area (Å²) in [6.07, 6.45) is -4.28. The maximum Gasteiger partial charge on any atom is 0.433 e. The summed E-state index contributed by atoms with van der Waals surface area (Å²) >= 11 is 0. The quantitative estimate of drug-likeness (QED) is 0.145. The number of carbonyl (C=O) groups excluding carboxylic acids is 2. The van der Waals surface area contributed by atoms with Gasteiger partial charge in [0, 0.05) is 37.9 Å². The molecule has 20 heteroatoms. The number of alkyl halides is 6. The van der Waals surface area contributed by atoms with Crippen LogP contribution in [-0.2, 0) is 24.1 Å². The summed E-state index contributed by atoms with van der Waals surface area (Å²) in [7, 11) is 0. The molecule has 5 aromatic rings. The smallest absolute Gasteiger partial charge is 0.433 e. The number of piperazine rings is 1. The predicted molar refractivity (Wildman–Crippen MR) is 168 cm³/mol. The zero-order valence-corrected chi connectivity index (χ0v) is 26.8. The molecule has 0 unspecified atom stereocenters. The molecule has 272 valence electrons. The molecule has 0 aliphatic carbocycles. The van der Waals surface area contributed by atoms with Gasteiger partial charge in [0.2, 0.25) is 0 Å². The molecule has 0 radical (unpaired) electrons. The molecule has 1 aromatic carbocycles. The number of amides is 1. The Morgan fingerprint density at radius 3 is 2.29 bits per heavy atom. The Labute approximate surface area is 289 Å². The van der Waals surface area contributed by atoms with Gasteiger partial charge in [0.15, 0.2) is 24.6 Å². The van der Waals surface area contributed by atoms with Crippen LogP contribution in [-0.4, -0.2) is 102 Å². The highest BCUT2D eigenvalue weighted by Crippen LogP contribution is 2.29. The van der Waals surface area contributed by atoms with Crippen molar-refractivity contribution in [2.45, 2.75) is 25.4 Å². The molecule has 6 rings (SSSR count). The van der Waals surface area contributed by atoms with Crippen molar-refractivity contribution in [3.8, 4) is 17.2 Å². The number of Topliss-reactive ketones (excluding diaryl/α,β-unsaturated/α-hetero) is 1. The Hall–Kier alpha value is -5.92. The van der Waals surface area contributed by atoms with Crippen molar-refractivity contribution < 1.29 is 45.4 Å². The molecule has 0 atom stereocenters. The van der Waals surface area contributed by atoms with Crippen molar-refractivity contribution in [3.05, 3.63) is 94.7 Å². The molecule has 0 bridgehead atoms. The third-order valence-electron chi connectivity index (χ3n) is 7.86. The topological polar surface area (TPSA) is 150 Å². The van der Waals surface area contributed by atoms with E-state index in [4.69, 9.17) is 9.47 Å². The average molecular weight is 732 g/mol. The molecule has 0 N–H and O–H groups in total. The fourth-order valence-electron chi connectivity index (χ4n) is 5.33. The molecular weight excluding hydrogens is 704 g/mol. The van der Waals surface area contributed by atoms with E-state index in [0.29, 0.717) is 0 Å². The highest BCUT2D eigenvalue weighted by molar-refractivity contribution is 5.96. The number of carbonyl (C=O) groups is 2. The molecule has 0 saturated carbocycles. The predicted octanol–water partition coefficient (Wildman–Crippen LogP) is 3.33. The first-order valence-electron chi connectivity index (χ1n) is 15.5. The highest BCUT2D eigenvalue weighted by atomic mass is 19.4. The van der Waals surface area contributed by atoms with Gasteiger partial charge in [0.05, 0.1) is 36.2 Å². The molecule has 1 fully saturated rings. The van der Waals surface area contributed by atoms with E-state index in [9.17, 15) is 40.7 Å². The summed E-state index contributed by atoms with van der Waals surface area (Å²) < 4.78 is 89.7. The van der Waals surface area contributed by atoms with Gasteiger partial charge in [-0.15, -0.1) is 0 Å². The second kappa shape index (κ2) is 14.7. The van der Waals surface area contributed by atoms with Crippen LogP contribution in [0.2, 0.25) is 0 Å². The maximum atomic E-state index is 14.0. The molecule has 0 spiro atoms. The number of halogens is 6. The Bertz CT molecular complexity index is 2120. The number of fused-ring (bicyclic) bond motifs is 1. The number of benzene rings is 1. The van der Waals surface area contributed by atoms with Crippen molar-refractivity contribution in [1.82, 2.24) is 44.3 Å². The molecule has 1 aliphatic rings. The van der Waals surface area contributed by atoms with Crippen molar-refractivity contribution in [3.63, 3.8) is 0 Å². The first-order valence-corrected chi connectivity index (χ1v) is 15.5. The van der Waals surface area contributed by atoms with E-state index in [0.717, 1.165) is 27.7 Å². The van der Waals surface area contributed by atoms with Crippen molar-refractivity contribution in [2.75, 3.05) is 39.4 Å². The summed E-state index contributed by atoms with van der Waals surface area (Å²) in [6, 6.07) is 8.45. The van der Waals surface area contributed by atoms with Gasteiger partial charge in [-0.3, -0.25) is 23.9 Å². The standard InChI is InChI=1S/C32H27F6N9O5/c33-31(34,35)19-52-25-5-3-20(24(48)16-46-41-8-9-42-46)14-23(25)47-27(43-29-22(30(47)50)2-1-7-39-29)17-44-10-12-45(13-11-44)28(49)18-51-21-4-6-26(40-15-21)32(36,37)38/h1-9,14-15H,10-13,16-19H2. The SMILES string of the molecule is O=C(Cn1nccn1)c1ccc(OCC(F)(F)F)c(-n2c(CN3CCN(C(=O)COc4ccc(C(F)(F)F)nc4)CC3)nc3ncccc3c2=O)c1. The van der Waals surface area contributed by atoms with Crippen LogP contribution in [0.15, 0.2) is 72.0 Å². The number of ether oxygens (including phenoxy) is 2. The minimum Gasteiger partial charge on any atom is -0.482 e. The summed E-state index contributed by atoms with van der Waals surface area (Å²) in [5.74, 6) is -1.20. The van der Waals surface area contributed by atoms with Crippen LogP contribution in [0.4, 0.5) is 26.3 Å². The summed E-state index contributed by atoms with van der Waals surface area (Å²) in [5.41, 5.74) is -1.81. The van der Waals surface area contributed by atoms with Crippen LogP contribution in [0.1, 0.15) is 21.9 Å². The number of ketones is 1. The summed E-state index contributed by atoms with van der Waals surface area (Å²) in [4.78, 5) is 56.6. The molecule has 5 heterocycles. The molecular formula is C32H27F6N9O5. The van der Waals surface area contributed by atoms with Gasteiger partial charge in [0.25, 0.3) is 11.5 Å². The Morgan fingerprint density at radius 1 is 0.865 bits per heavy atom. The average Bonchev–Trinajstić information content (AvgIpc) is 3.63. The molecule has 4 aromatic heterocycles. The van der Waals surface area contributed by atoms with Gasteiger partial charge in [0.1, 0.15) is 29.6 Å². The second-order valence-electron chi connectivity index (χ2n) is 11.4. The zero-order chi connectivity index (χ0) is 37.0. The molecule has 1 saturated heterocycles. The number of pyridine rings is 2. The number of hydrogen-bond donors (Lipinski definition) is 0. The van der Waals surface area contributed by atoms with E-state index >= 15 is 0 Å². The zero-order valence-electron chi connectivity index (χ0n) is 26.8. The van der Waals surface area contributed by atoms with Crippen LogP contribution < -0.4 is 15.0 Å². The van der Waals surface area contributed by atoms with Crippen LogP contribution >= 0.6 is 0 Å². The fourth-order valence-corrected chi connectivity index (χ4v) is 5.33. The van der Waals surface area contributed by atoms with E-state index in [1.165, 1.54) is 53.8 Å². The fraction of sp³-hybridized carbons (Fsp3) is 0.312. The minimum absolute atomic E-state index is 0.0173. The van der Waals surface area contributed by atoms with E-state index in [1.807, 2.05) is 4.90 Å². The van der Waals surface area contributed by atoms with E-state index in [1.54, 1.807) is 0 Å². The van der Waals surface area contributed by atoms with Crippen LogP contribution in [0, 0.1) is 0 Å². The minimum atomic E-state index is -4.71. The number of rotatable bonds is 11. The third kappa shape index (κ3) is 8.50. The largest absolute Gasteiger partial charge is 0.482 e. The molecule has 14 nitrogen and oxygen atoms in total. The van der Waals surface area contributed by atoms with Gasteiger partial charge in [-0.25, -0.2) is 15.0 Å². The summed E-state index contributed by atoms with van der Waals surface area (Å²) in [5, 5.41) is 7.87. The Kier molecular flexibility index (Phi) is 10.2. The number of hydrogen-bond acceptors (Lipinski definition) is 11. The van der Waals surface area contributed by atoms with Gasteiger partial charge in [-0.1, -0.05) is 0 Å². The third-order valence-corrected chi connectivity index (χ3v) is 7.86. The highest BCUT2D eigenvalue weighted by Gasteiger charge is 2.33. The molecule has 1 amide bonds. The summed E-state index contributed by atoms with van der Waals surface area (Å²) in [6.45, 7) is -1.47. The lowest BCUT2D eigenvalue weighted by molar-refractivity contribution is -0.153. The van der Waals surface area contributed by atoms with E-state index < -0.39 is 48.5 Å². The number of aromatic nitrogens is 7. The lowest BCUT2D eigenvalue weighted by atomic mass is 10.1. The van der Waals surface area contributed by atoms with Gasteiger partial charge in [-0.05, 0) is 42.5 Å². The van der Waals surface area contributed by atoms with Gasteiger partial charge in [-0.2, -0.15) is 41.3 Å². The maximum absolute atomic E-state index is 14.0. The van der Waals surface area contributed by atoms with Crippen LogP contribution in [0.3, 0.4) is 0 Å². The number of nitrogens with zero attached hydrogens (tertiary/aromatic N) is 9. The van der Waals surface area contributed by atoms with E-state index in [-0.39, 0.29) is 78.9 Å². The molecule has 52 heavy (non-hydrogen) atoms. The van der Waals surface area contributed by atoms with Gasteiger partial charge < -0.3 is 14.4 Å². The van der Waals surface area contributed by atoms with E-state index in [2.05, 4.69) is 25.1 Å². The monoisotopic (exact) mass is 731 g/mol. The lowest BCUT2D eigenvalue weighted by Crippen LogP contribution is -2.50. The van der Waals surface area contributed by atoms with Crippen molar-refractivity contribution in [1.29, 1.82) is 0 Å². The normalized spacial score (nSPS) is 14.1. The first-order chi connectivity index (χ1) is 24.7.